The van der Waals surface area contributed by atoms with Crippen LogP contribution in [-0.4, -0.2) is 29.8 Å². The number of carbonyl (C=O) groups excluding carboxylic acids is 1. The van der Waals surface area contributed by atoms with Crippen molar-refractivity contribution in [2.24, 2.45) is 0 Å². The van der Waals surface area contributed by atoms with Crippen molar-refractivity contribution >= 4 is 23.6 Å². The highest BCUT2D eigenvalue weighted by Crippen LogP contribution is 2.18. The number of aliphatic carboxylic acids is 1. The number of nitrogens with one attached hydrogen (secondary N) is 1. The van der Waals surface area contributed by atoms with E-state index in [1.807, 2.05) is 25.3 Å². The second kappa shape index (κ2) is 5.55. The number of carboxylic acids is 1. The lowest BCUT2D eigenvalue weighted by Crippen LogP contribution is -2.29. The van der Waals surface area contributed by atoms with Crippen molar-refractivity contribution in [3.8, 4) is 0 Å². The number of hydrogen-bond donors (Lipinski definition) is 2. The Hall–Kier alpha value is -1.49. The molecule has 0 aliphatic carbocycles. The number of aryl methyl sites for hydroxylation is 1. The highest BCUT2D eigenvalue weighted by molar-refractivity contribution is 7.98. The summed E-state index contributed by atoms with van der Waals surface area (Å²) in [7, 11) is 0. The fourth-order valence-corrected chi connectivity index (χ4v) is 1.66. The lowest BCUT2D eigenvalue weighted by molar-refractivity contribution is -0.135. The van der Waals surface area contributed by atoms with Gasteiger partial charge < -0.3 is 10.4 Å². The molecule has 1 aromatic carbocycles. The number of thioether (sulfide) groups is 1. The molecule has 0 fully saturated rings. The van der Waals surface area contributed by atoms with Gasteiger partial charge in [-0.1, -0.05) is 6.07 Å². The summed E-state index contributed by atoms with van der Waals surface area (Å²) in [6.07, 6.45) is 1.92. The van der Waals surface area contributed by atoms with E-state index in [-0.39, 0.29) is 12.5 Å². The summed E-state index contributed by atoms with van der Waals surface area (Å²) in [6, 6.07) is 5.53. The van der Waals surface area contributed by atoms with Crippen molar-refractivity contribution in [1.82, 2.24) is 5.32 Å². The maximum atomic E-state index is 11.7. The molecule has 16 heavy (non-hydrogen) atoms. The lowest BCUT2D eigenvalue weighted by Gasteiger charge is -2.07. The van der Waals surface area contributed by atoms with Gasteiger partial charge in [-0.3, -0.25) is 9.59 Å². The van der Waals surface area contributed by atoms with Crippen LogP contribution in [0.15, 0.2) is 23.1 Å². The summed E-state index contributed by atoms with van der Waals surface area (Å²) in [6.45, 7) is 1.46. The average Bonchev–Trinajstić information content (AvgIpc) is 2.26. The fraction of sp³-hybridized carbons (Fsp3) is 0.273. The summed E-state index contributed by atoms with van der Waals surface area (Å²) in [5.41, 5.74) is 1.36. The summed E-state index contributed by atoms with van der Waals surface area (Å²) in [4.78, 5) is 23.0. The van der Waals surface area contributed by atoms with Gasteiger partial charge in [-0.2, -0.15) is 0 Å². The smallest absolute Gasteiger partial charge is 0.322 e. The number of benzene rings is 1. The summed E-state index contributed by atoms with van der Waals surface area (Å²) in [5, 5.41) is 10.8. The van der Waals surface area contributed by atoms with E-state index in [0.29, 0.717) is 5.56 Å². The molecule has 0 radical (unpaired) electrons. The van der Waals surface area contributed by atoms with Crippen molar-refractivity contribution in [3.63, 3.8) is 0 Å². The Bertz CT molecular complexity index is 418. The van der Waals surface area contributed by atoms with E-state index < -0.39 is 5.97 Å². The van der Waals surface area contributed by atoms with Crippen molar-refractivity contribution in [3.05, 3.63) is 29.3 Å². The fourth-order valence-electron chi connectivity index (χ4n) is 1.22. The molecule has 0 atom stereocenters. The molecule has 0 saturated heterocycles. The predicted molar refractivity (Wildman–Crippen MR) is 62.9 cm³/mol. The Morgan fingerprint density at radius 1 is 1.44 bits per heavy atom. The van der Waals surface area contributed by atoms with Crippen LogP contribution in [0.4, 0.5) is 0 Å². The second-order valence-electron chi connectivity index (χ2n) is 3.26. The van der Waals surface area contributed by atoms with Gasteiger partial charge in [0, 0.05) is 10.5 Å². The zero-order valence-corrected chi connectivity index (χ0v) is 9.93. The molecule has 0 aliphatic rings. The van der Waals surface area contributed by atoms with Gasteiger partial charge in [0.15, 0.2) is 0 Å². The predicted octanol–water partition coefficient (Wildman–Crippen LogP) is 1.53. The summed E-state index contributed by atoms with van der Waals surface area (Å²) < 4.78 is 0. The molecule has 86 valence electrons. The van der Waals surface area contributed by atoms with Crippen LogP contribution in [0.1, 0.15) is 15.9 Å². The van der Waals surface area contributed by atoms with E-state index in [0.717, 1.165) is 10.5 Å². The molecule has 0 saturated carbocycles. The Balaban J connectivity index is 2.85. The van der Waals surface area contributed by atoms with Crippen LogP contribution < -0.4 is 5.32 Å². The molecule has 0 aliphatic heterocycles. The highest BCUT2D eigenvalue weighted by Gasteiger charge is 2.10. The third-order valence-corrected chi connectivity index (χ3v) is 2.81. The number of amides is 1. The first kappa shape index (κ1) is 12.6. The molecule has 1 aromatic rings. The number of rotatable bonds is 4. The minimum absolute atomic E-state index is 0.351. The molecule has 1 rings (SSSR count). The van der Waals surface area contributed by atoms with E-state index in [1.165, 1.54) is 11.8 Å². The lowest BCUT2D eigenvalue weighted by atomic mass is 10.1. The van der Waals surface area contributed by atoms with E-state index in [2.05, 4.69) is 5.32 Å². The number of carboxylic acid groups (broad SMARTS) is 1. The molecule has 2 N–H and O–H groups in total. The van der Waals surface area contributed by atoms with Crippen molar-refractivity contribution < 1.29 is 14.7 Å². The van der Waals surface area contributed by atoms with Crippen molar-refractivity contribution in [1.29, 1.82) is 0 Å². The molecule has 1 amide bonds. The molecule has 0 heterocycles. The first-order valence-electron chi connectivity index (χ1n) is 4.69. The van der Waals surface area contributed by atoms with Crippen LogP contribution in [0.5, 0.6) is 0 Å². The molecule has 0 aromatic heterocycles. The first-order valence-corrected chi connectivity index (χ1v) is 5.91. The van der Waals surface area contributed by atoms with Gasteiger partial charge >= 0.3 is 5.97 Å². The third-order valence-electron chi connectivity index (χ3n) is 2.09. The quantitative estimate of drug-likeness (QED) is 0.782. The average molecular weight is 239 g/mol. The Kier molecular flexibility index (Phi) is 4.37. The summed E-state index contributed by atoms with van der Waals surface area (Å²) >= 11 is 1.54. The Morgan fingerprint density at radius 3 is 2.69 bits per heavy atom. The van der Waals surface area contributed by atoms with Gasteiger partial charge in [-0.05, 0) is 30.9 Å². The van der Waals surface area contributed by atoms with Gasteiger partial charge in [0.05, 0.1) is 0 Å². The topological polar surface area (TPSA) is 66.4 Å². The summed E-state index contributed by atoms with van der Waals surface area (Å²) in [5.74, 6) is -1.40. The van der Waals surface area contributed by atoms with Crippen LogP contribution in [0.2, 0.25) is 0 Å². The van der Waals surface area contributed by atoms with E-state index in [4.69, 9.17) is 5.11 Å². The van der Waals surface area contributed by atoms with Crippen LogP contribution >= 0.6 is 11.8 Å². The molecular weight excluding hydrogens is 226 g/mol. The second-order valence-corrected chi connectivity index (χ2v) is 4.14. The molecule has 0 bridgehead atoms. The van der Waals surface area contributed by atoms with Crippen molar-refractivity contribution in [2.45, 2.75) is 11.8 Å². The monoisotopic (exact) mass is 239 g/mol. The van der Waals surface area contributed by atoms with Gasteiger partial charge in [0.1, 0.15) is 6.54 Å². The number of hydrogen-bond acceptors (Lipinski definition) is 3. The van der Waals surface area contributed by atoms with Crippen LogP contribution in [0.3, 0.4) is 0 Å². The normalized spacial score (nSPS) is 9.88. The van der Waals surface area contributed by atoms with Gasteiger partial charge in [-0.15, -0.1) is 11.8 Å². The maximum absolute atomic E-state index is 11.7. The number of carbonyl (C=O) groups is 2. The molecule has 5 heteroatoms. The highest BCUT2D eigenvalue weighted by atomic mass is 32.2. The van der Waals surface area contributed by atoms with Gasteiger partial charge in [0.2, 0.25) is 0 Å². The Labute approximate surface area is 98.0 Å². The maximum Gasteiger partial charge on any atom is 0.322 e. The van der Waals surface area contributed by atoms with Gasteiger partial charge in [0.25, 0.3) is 5.91 Å². The van der Waals surface area contributed by atoms with Crippen LogP contribution in [0, 0.1) is 6.92 Å². The van der Waals surface area contributed by atoms with Crippen LogP contribution in [-0.2, 0) is 4.79 Å². The first-order chi connectivity index (χ1) is 7.54. The van der Waals surface area contributed by atoms with Crippen molar-refractivity contribution in [2.75, 3.05) is 12.8 Å². The van der Waals surface area contributed by atoms with E-state index in [9.17, 15) is 9.59 Å². The third kappa shape index (κ3) is 3.27. The zero-order chi connectivity index (χ0) is 12.1. The molecule has 0 unspecified atom stereocenters. The van der Waals surface area contributed by atoms with Crippen LogP contribution in [0.25, 0.3) is 0 Å². The standard InChI is InChI=1S/C11H13NO3S/c1-7-3-4-8(16-2)5-9(7)11(15)12-6-10(13)14/h3-5H,6H2,1-2H3,(H,12,15)(H,13,14). The molecule has 4 nitrogen and oxygen atoms in total. The van der Waals surface area contributed by atoms with E-state index >= 15 is 0 Å². The van der Waals surface area contributed by atoms with Gasteiger partial charge in [-0.25, -0.2) is 0 Å². The molecular formula is C11H13NO3S. The molecule has 0 spiro atoms. The zero-order valence-electron chi connectivity index (χ0n) is 9.11. The van der Waals surface area contributed by atoms with E-state index in [1.54, 1.807) is 6.07 Å². The Morgan fingerprint density at radius 2 is 2.12 bits per heavy atom. The minimum atomic E-state index is -1.05. The SMILES string of the molecule is CSc1ccc(C)c(C(=O)NCC(=O)O)c1. The largest absolute Gasteiger partial charge is 0.480 e. The minimum Gasteiger partial charge on any atom is -0.480 e.